The van der Waals surface area contributed by atoms with Crippen molar-refractivity contribution in [3.05, 3.63) is 30.1 Å². The maximum Gasteiger partial charge on any atom is 0.181 e. The molecule has 0 saturated heterocycles. The third kappa shape index (κ3) is 5.21. The smallest absolute Gasteiger partial charge is 0.181 e. The van der Waals surface area contributed by atoms with E-state index in [0.29, 0.717) is 0 Å². The lowest BCUT2D eigenvalue weighted by atomic mass is 10.1. The van der Waals surface area contributed by atoms with Gasteiger partial charge in [-0.25, -0.2) is 4.98 Å². The largest absolute Gasteiger partial charge is 0.385 e. The van der Waals surface area contributed by atoms with Crippen LogP contribution in [0.3, 0.4) is 0 Å². The number of hydrogen-bond acceptors (Lipinski definition) is 3. The molecule has 1 heterocycles. The first-order valence-electron chi connectivity index (χ1n) is 8.03. The molecule has 0 spiro atoms. The lowest BCUT2D eigenvalue weighted by Gasteiger charge is -2.07. The van der Waals surface area contributed by atoms with Gasteiger partial charge in [-0.2, -0.15) is 5.10 Å². The minimum absolute atomic E-state index is 0.760. The number of unbranched alkanes of at least 4 members (excludes halogenated alkanes) is 5. The molecule has 0 aliphatic carbocycles. The molecule has 2 N–H and O–H groups in total. The number of H-pyrrole nitrogens is 1. The van der Waals surface area contributed by atoms with E-state index in [2.05, 4.69) is 39.6 Å². The first kappa shape index (κ1) is 15.5. The Balaban J connectivity index is 1.76. The van der Waals surface area contributed by atoms with Crippen molar-refractivity contribution in [3.8, 4) is 11.4 Å². The van der Waals surface area contributed by atoms with Crippen LogP contribution in [-0.2, 0) is 0 Å². The van der Waals surface area contributed by atoms with Crippen LogP contribution in [0.2, 0.25) is 0 Å². The molecule has 0 aliphatic rings. The standard InChI is InChI=1S/C17H26N4/c1-3-4-5-6-7-8-12-18-16-11-9-10-15(13-16)17-19-14(2)20-21-17/h9-11,13,18H,3-8,12H2,1-2H3,(H,19,20,21). The van der Waals surface area contributed by atoms with E-state index >= 15 is 0 Å². The summed E-state index contributed by atoms with van der Waals surface area (Å²) in [6, 6.07) is 8.29. The van der Waals surface area contributed by atoms with Crippen molar-refractivity contribution >= 4 is 5.69 Å². The molecule has 0 unspecified atom stereocenters. The highest BCUT2D eigenvalue weighted by Gasteiger charge is 2.04. The van der Waals surface area contributed by atoms with E-state index in [4.69, 9.17) is 0 Å². The Morgan fingerprint density at radius 1 is 1.10 bits per heavy atom. The van der Waals surface area contributed by atoms with E-state index < -0.39 is 0 Å². The number of benzene rings is 1. The average Bonchev–Trinajstić information content (AvgIpc) is 2.93. The topological polar surface area (TPSA) is 53.6 Å². The second-order valence-corrected chi connectivity index (χ2v) is 5.52. The Labute approximate surface area is 127 Å². The summed E-state index contributed by atoms with van der Waals surface area (Å²) in [6.45, 7) is 5.20. The molecular formula is C17H26N4. The molecule has 4 heteroatoms. The van der Waals surface area contributed by atoms with Gasteiger partial charge in [0.15, 0.2) is 5.82 Å². The number of aromatic amines is 1. The summed E-state index contributed by atoms with van der Waals surface area (Å²) in [4.78, 5) is 4.37. The summed E-state index contributed by atoms with van der Waals surface area (Å²) in [7, 11) is 0. The molecule has 0 aliphatic heterocycles. The van der Waals surface area contributed by atoms with Crippen LogP contribution in [-0.4, -0.2) is 21.7 Å². The number of nitrogens with zero attached hydrogens (tertiary/aromatic N) is 2. The highest BCUT2D eigenvalue weighted by Crippen LogP contribution is 2.19. The second-order valence-electron chi connectivity index (χ2n) is 5.52. The number of rotatable bonds is 9. The van der Waals surface area contributed by atoms with E-state index in [0.717, 1.165) is 29.4 Å². The van der Waals surface area contributed by atoms with Crippen molar-refractivity contribution in [3.63, 3.8) is 0 Å². The van der Waals surface area contributed by atoms with E-state index in [-0.39, 0.29) is 0 Å². The van der Waals surface area contributed by atoms with Crippen LogP contribution in [0.1, 0.15) is 51.3 Å². The predicted octanol–water partition coefficient (Wildman–Crippen LogP) is 4.55. The fraction of sp³-hybridized carbons (Fsp3) is 0.529. The summed E-state index contributed by atoms with van der Waals surface area (Å²) >= 11 is 0. The minimum atomic E-state index is 0.760. The van der Waals surface area contributed by atoms with Crippen molar-refractivity contribution in [1.29, 1.82) is 0 Å². The third-order valence-corrected chi connectivity index (χ3v) is 3.58. The molecule has 2 aromatic rings. The van der Waals surface area contributed by atoms with Gasteiger partial charge in [0.05, 0.1) is 0 Å². The van der Waals surface area contributed by atoms with Gasteiger partial charge in [0.1, 0.15) is 5.82 Å². The number of hydrogen-bond donors (Lipinski definition) is 2. The van der Waals surface area contributed by atoms with Crippen LogP contribution in [0, 0.1) is 6.92 Å². The lowest BCUT2D eigenvalue weighted by molar-refractivity contribution is 0.617. The monoisotopic (exact) mass is 286 g/mol. The lowest BCUT2D eigenvalue weighted by Crippen LogP contribution is -2.01. The number of aromatic nitrogens is 3. The van der Waals surface area contributed by atoms with Gasteiger partial charge >= 0.3 is 0 Å². The molecule has 0 atom stereocenters. The Morgan fingerprint density at radius 3 is 2.67 bits per heavy atom. The molecule has 21 heavy (non-hydrogen) atoms. The maximum atomic E-state index is 4.37. The van der Waals surface area contributed by atoms with Crippen LogP contribution in [0.15, 0.2) is 24.3 Å². The summed E-state index contributed by atoms with van der Waals surface area (Å²) in [5.74, 6) is 1.60. The second kappa shape index (κ2) is 8.45. The zero-order valence-electron chi connectivity index (χ0n) is 13.2. The molecule has 1 aromatic carbocycles. The van der Waals surface area contributed by atoms with Crippen molar-refractivity contribution < 1.29 is 0 Å². The zero-order chi connectivity index (χ0) is 14.9. The first-order chi connectivity index (χ1) is 10.3. The van der Waals surface area contributed by atoms with Gasteiger partial charge in [-0.3, -0.25) is 5.10 Å². The molecule has 0 saturated carbocycles. The van der Waals surface area contributed by atoms with Crippen LogP contribution < -0.4 is 5.32 Å². The normalized spacial score (nSPS) is 10.8. The average molecular weight is 286 g/mol. The van der Waals surface area contributed by atoms with Gasteiger partial charge in [-0.05, 0) is 25.5 Å². The van der Waals surface area contributed by atoms with Gasteiger partial charge in [-0.1, -0.05) is 51.2 Å². The van der Waals surface area contributed by atoms with Gasteiger partial charge in [0, 0.05) is 17.8 Å². The van der Waals surface area contributed by atoms with Gasteiger partial charge in [0.25, 0.3) is 0 Å². The van der Waals surface area contributed by atoms with Gasteiger partial charge in [0.2, 0.25) is 0 Å². The van der Waals surface area contributed by atoms with E-state index in [9.17, 15) is 0 Å². The number of aryl methyl sites for hydroxylation is 1. The Morgan fingerprint density at radius 2 is 1.90 bits per heavy atom. The minimum Gasteiger partial charge on any atom is -0.385 e. The van der Waals surface area contributed by atoms with Crippen LogP contribution in [0.4, 0.5) is 5.69 Å². The van der Waals surface area contributed by atoms with Crippen LogP contribution >= 0.6 is 0 Å². The highest BCUT2D eigenvalue weighted by atomic mass is 15.2. The predicted molar refractivity (Wildman–Crippen MR) is 88.4 cm³/mol. The van der Waals surface area contributed by atoms with Gasteiger partial charge in [-0.15, -0.1) is 0 Å². The fourth-order valence-corrected chi connectivity index (χ4v) is 2.38. The molecule has 114 valence electrons. The van der Waals surface area contributed by atoms with E-state index in [1.807, 2.05) is 19.1 Å². The first-order valence-corrected chi connectivity index (χ1v) is 8.03. The van der Waals surface area contributed by atoms with Crippen LogP contribution in [0.5, 0.6) is 0 Å². The van der Waals surface area contributed by atoms with Crippen molar-refractivity contribution in [1.82, 2.24) is 15.2 Å². The molecule has 4 nitrogen and oxygen atoms in total. The van der Waals surface area contributed by atoms with Crippen molar-refractivity contribution in [2.24, 2.45) is 0 Å². The van der Waals surface area contributed by atoms with Crippen LogP contribution in [0.25, 0.3) is 11.4 Å². The molecule has 1 aromatic heterocycles. The molecule has 0 fully saturated rings. The molecule has 0 radical (unpaired) electrons. The highest BCUT2D eigenvalue weighted by molar-refractivity contribution is 5.62. The van der Waals surface area contributed by atoms with E-state index in [1.54, 1.807) is 0 Å². The van der Waals surface area contributed by atoms with Gasteiger partial charge < -0.3 is 5.32 Å². The summed E-state index contributed by atoms with van der Waals surface area (Å²) in [6.07, 6.45) is 7.94. The Kier molecular flexibility index (Phi) is 6.25. The van der Waals surface area contributed by atoms with Crippen molar-refractivity contribution in [2.75, 3.05) is 11.9 Å². The summed E-state index contributed by atoms with van der Waals surface area (Å²) in [5.41, 5.74) is 2.19. The van der Waals surface area contributed by atoms with E-state index in [1.165, 1.54) is 38.5 Å². The zero-order valence-corrected chi connectivity index (χ0v) is 13.2. The maximum absolute atomic E-state index is 4.37. The molecule has 2 rings (SSSR count). The molecule has 0 amide bonds. The van der Waals surface area contributed by atoms with Crippen molar-refractivity contribution in [2.45, 2.75) is 52.4 Å². The quantitative estimate of drug-likeness (QED) is 0.665. The number of anilines is 1. The summed E-state index contributed by atoms with van der Waals surface area (Å²) in [5, 5.41) is 10.6. The Bertz CT molecular complexity index is 533. The summed E-state index contributed by atoms with van der Waals surface area (Å²) < 4.78 is 0. The third-order valence-electron chi connectivity index (χ3n) is 3.58. The molecule has 0 bridgehead atoms. The molecular weight excluding hydrogens is 260 g/mol. The number of nitrogens with one attached hydrogen (secondary N) is 2. The SMILES string of the molecule is CCCCCCCCNc1cccc(-c2n[nH]c(C)n2)c1. The Hall–Kier alpha value is -1.84. The fourth-order valence-electron chi connectivity index (χ4n) is 2.38.